The van der Waals surface area contributed by atoms with Crippen molar-refractivity contribution >= 4 is 39.7 Å². The topological polar surface area (TPSA) is 92.5 Å². The Morgan fingerprint density at radius 1 is 1.35 bits per heavy atom. The Hall–Kier alpha value is -1.31. The van der Waals surface area contributed by atoms with Crippen LogP contribution >= 0.6 is 12.4 Å². The molecule has 0 radical (unpaired) electrons. The van der Waals surface area contributed by atoms with Crippen molar-refractivity contribution in [3.63, 3.8) is 0 Å². The van der Waals surface area contributed by atoms with Gasteiger partial charge in [-0.3, -0.25) is 9.10 Å². The highest BCUT2D eigenvalue weighted by Gasteiger charge is 2.28. The molecule has 1 fully saturated rings. The quantitative estimate of drug-likeness (QED) is 0.867. The summed E-state index contributed by atoms with van der Waals surface area (Å²) in [4.78, 5) is 11.4. The lowest BCUT2D eigenvalue weighted by molar-refractivity contribution is -0.117. The molecule has 0 aromatic heterocycles. The smallest absolute Gasteiger partial charge is 0.240 e. The number of hydrogen-bond acceptors (Lipinski definition) is 4. The van der Waals surface area contributed by atoms with E-state index in [4.69, 9.17) is 5.73 Å². The number of nitrogens with one attached hydrogen (secondary N) is 1. The van der Waals surface area contributed by atoms with Gasteiger partial charge in [0.15, 0.2) is 0 Å². The van der Waals surface area contributed by atoms with Gasteiger partial charge in [0, 0.05) is 12.2 Å². The van der Waals surface area contributed by atoms with Crippen LogP contribution in [0.4, 0.5) is 11.4 Å². The SMILES string of the molecule is C[C@H](N)C(=O)Nc1ccc(N2CCCS2(=O)=O)cc1.Cl. The van der Waals surface area contributed by atoms with Crippen molar-refractivity contribution in [3.8, 4) is 0 Å². The highest BCUT2D eigenvalue weighted by molar-refractivity contribution is 7.93. The largest absolute Gasteiger partial charge is 0.325 e. The predicted molar refractivity (Wildman–Crippen MR) is 81.7 cm³/mol. The summed E-state index contributed by atoms with van der Waals surface area (Å²) in [6.07, 6.45) is 0.644. The molecule has 2 rings (SSSR count). The highest BCUT2D eigenvalue weighted by Crippen LogP contribution is 2.25. The minimum atomic E-state index is -3.16. The van der Waals surface area contributed by atoms with E-state index in [1.165, 1.54) is 4.31 Å². The summed E-state index contributed by atoms with van der Waals surface area (Å²) < 4.78 is 24.9. The van der Waals surface area contributed by atoms with E-state index in [1.54, 1.807) is 31.2 Å². The molecular weight excluding hydrogens is 302 g/mol. The van der Waals surface area contributed by atoms with E-state index in [9.17, 15) is 13.2 Å². The molecule has 1 aliphatic rings. The maximum Gasteiger partial charge on any atom is 0.240 e. The summed E-state index contributed by atoms with van der Waals surface area (Å²) in [5.41, 5.74) is 6.67. The lowest BCUT2D eigenvalue weighted by Crippen LogP contribution is -2.32. The van der Waals surface area contributed by atoms with Gasteiger partial charge in [-0.1, -0.05) is 0 Å². The Balaban J connectivity index is 0.00000200. The summed E-state index contributed by atoms with van der Waals surface area (Å²) in [6, 6.07) is 6.12. The minimum absolute atomic E-state index is 0. The van der Waals surface area contributed by atoms with E-state index in [-0.39, 0.29) is 24.1 Å². The van der Waals surface area contributed by atoms with Gasteiger partial charge in [-0.2, -0.15) is 0 Å². The van der Waals surface area contributed by atoms with E-state index in [2.05, 4.69) is 5.32 Å². The summed E-state index contributed by atoms with van der Waals surface area (Å²) in [5.74, 6) is -0.0857. The van der Waals surface area contributed by atoms with Crippen molar-refractivity contribution in [1.29, 1.82) is 0 Å². The number of nitrogens with two attached hydrogens (primary N) is 1. The van der Waals surface area contributed by atoms with Gasteiger partial charge in [0.25, 0.3) is 0 Å². The standard InChI is InChI=1S/C12H17N3O3S.ClH/c1-9(13)12(16)14-10-3-5-11(6-4-10)15-7-2-8-19(15,17)18;/h3-6,9H,2,7-8,13H2,1H3,(H,14,16);1H/t9-;/m0./s1. The third-order valence-corrected chi connectivity index (χ3v) is 4.81. The number of amides is 1. The Kier molecular flexibility index (Phi) is 5.38. The van der Waals surface area contributed by atoms with E-state index >= 15 is 0 Å². The summed E-state index contributed by atoms with van der Waals surface area (Å²) >= 11 is 0. The van der Waals surface area contributed by atoms with Crippen LogP contribution < -0.4 is 15.4 Å². The van der Waals surface area contributed by atoms with Gasteiger partial charge >= 0.3 is 0 Å². The second-order valence-corrected chi connectivity index (χ2v) is 6.58. The molecule has 0 spiro atoms. The van der Waals surface area contributed by atoms with Gasteiger partial charge in [-0.25, -0.2) is 8.42 Å². The molecule has 8 heteroatoms. The molecule has 112 valence electrons. The Bertz CT molecular complexity index is 572. The molecule has 20 heavy (non-hydrogen) atoms. The van der Waals surface area contributed by atoms with Crippen LogP contribution in [0, 0.1) is 0 Å². The lowest BCUT2D eigenvalue weighted by atomic mass is 10.2. The molecule has 1 atom stereocenters. The maximum atomic E-state index is 11.8. The maximum absolute atomic E-state index is 11.8. The van der Waals surface area contributed by atoms with Crippen LogP contribution in [0.25, 0.3) is 0 Å². The second-order valence-electron chi connectivity index (χ2n) is 4.57. The minimum Gasteiger partial charge on any atom is -0.325 e. The van der Waals surface area contributed by atoms with Crippen LogP contribution in [0.1, 0.15) is 13.3 Å². The molecule has 0 bridgehead atoms. The van der Waals surface area contributed by atoms with Gasteiger partial charge in [-0.05, 0) is 37.6 Å². The first kappa shape index (κ1) is 16.7. The first-order chi connectivity index (χ1) is 8.90. The summed E-state index contributed by atoms with van der Waals surface area (Å²) in [5, 5.41) is 2.65. The zero-order valence-electron chi connectivity index (χ0n) is 11.1. The summed E-state index contributed by atoms with van der Waals surface area (Å²) in [6.45, 7) is 2.11. The van der Waals surface area contributed by atoms with E-state index in [1.807, 2.05) is 0 Å². The number of carbonyl (C=O) groups excluding carboxylic acids is 1. The predicted octanol–water partition coefficient (Wildman–Crippen LogP) is 0.934. The number of rotatable bonds is 3. The van der Waals surface area contributed by atoms with Crippen molar-refractivity contribution < 1.29 is 13.2 Å². The van der Waals surface area contributed by atoms with Gasteiger partial charge in [-0.15, -0.1) is 12.4 Å². The zero-order valence-corrected chi connectivity index (χ0v) is 12.7. The molecule has 1 aromatic rings. The third kappa shape index (κ3) is 3.62. The second kappa shape index (κ2) is 6.43. The molecular formula is C12H18ClN3O3S. The molecule has 6 nitrogen and oxygen atoms in total. The molecule has 1 saturated heterocycles. The number of sulfonamides is 1. The zero-order chi connectivity index (χ0) is 14.0. The fourth-order valence-corrected chi connectivity index (χ4v) is 3.46. The molecule has 1 amide bonds. The normalized spacial score (nSPS) is 18.2. The molecule has 1 heterocycles. The third-order valence-electron chi connectivity index (χ3n) is 2.94. The first-order valence-electron chi connectivity index (χ1n) is 6.07. The average molecular weight is 320 g/mol. The van der Waals surface area contributed by atoms with Gasteiger partial charge < -0.3 is 11.1 Å². The molecule has 0 unspecified atom stereocenters. The Morgan fingerprint density at radius 2 is 1.95 bits per heavy atom. The van der Waals surface area contributed by atoms with Crippen molar-refractivity contribution in [3.05, 3.63) is 24.3 Å². The summed E-state index contributed by atoms with van der Waals surface area (Å²) in [7, 11) is -3.16. The number of halogens is 1. The van der Waals surface area contributed by atoms with Gasteiger partial charge in [0.1, 0.15) is 0 Å². The molecule has 1 aliphatic heterocycles. The highest BCUT2D eigenvalue weighted by atomic mass is 35.5. The number of carbonyl (C=O) groups is 1. The Morgan fingerprint density at radius 3 is 2.40 bits per heavy atom. The lowest BCUT2D eigenvalue weighted by Gasteiger charge is -2.17. The Labute approximate surface area is 124 Å². The van der Waals surface area contributed by atoms with Crippen molar-refractivity contribution in [2.45, 2.75) is 19.4 Å². The van der Waals surface area contributed by atoms with Crippen LogP contribution in [0.2, 0.25) is 0 Å². The van der Waals surface area contributed by atoms with Crippen molar-refractivity contribution in [2.24, 2.45) is 5.73 Å². The van der Waals surface area contributed by atoms with Crippen LogP contribution in [0.5, 0.6) is 0 Å². The van der Waals surface area contributed by atoms with Crippen LogP contribution in [-0.4, -0.2) is 32.7 Å². The number of benzene rings is 1. The van der Waals surface area contributed by atoms with Gasteiger partial charge in [0.05, 0.1) is 17.5 Å². The van der Waals surface area contributed by atoms with Crippen LogP contribution in [0.3, 0.4) is 0 Å². The van der Waals surface area contributed by atoms with Gasteiger partial charge in [0.2, 0.25) is 15.9 Å². The fraction of sp³-hybridized carbons (Fsp3) is 0.417. The van der Waals surface area contributed by atoms with Crippen LogP contribution in [-0.2, 0) is 14.8 Å². The average Bonchev–Trinajstić information content (AvgIpc) is 2.70. The molecule has 1 aromatic carbocycles. The van der Waals surface area contributed by atoms with E-state index in [0.29, 0.717) is 24.3 Å². The molecule has 0 aliphatic carbocycles. The number of nitrogens with zero attached hydrogens (tertiary/aromatic N) is 1. The first-order valence-corrected chi connectivity index (χ1v) is 7.68. The van der Waals surface area contributed by atoms with Crippen molar-refractivity contribution in [2.75, 3.05) is 21.9 Å². The van der Waals surface area contributed by atoms with Crippen LogP contribution in [0.15, 0.2) is 24.3 Å². The monoisotopic (exact) mass is 319 g/mol. The fourth-order valence-electron chi connectivity index (χ4n) is 1.90. The van der Waals surface area contributed by atoms with E-state index < -0.39 is 16.1 Å². The van der Waals surface area contributed by atoms with Crippen molar-refractivity contribution in [1.82, 2.24) is 0 Å². The molecule has 0 saturated carbocycles. The number of hydrogen-bond donors (Lipinski definition) is 2. The molecule has 3 N–H and O–H groups in total. The van der Waals surface area contributed by atoms with E-state index in [0.717, 1.165) is 0 Å². The number of anilines is 2.